The number of ether oxygens (including phenoxy) is 1. The van der Waals surface area contributed by atoms with Crippen molar-refractivity contribution in [2.75, 3.05) is 12.4 Å². The number of benzene rings is 2. The Labute approximate surface area is 147 Å². The lowest BCUT2D eigenvalue weighted by Crippen LogP contribution is -2.24. The number of carbonyl (C=O) groups is 2. The number of carbonyl (C=O) groups excluding carboxylic acids is 2. The third-order valence-corrected chi connectivity index (χ3v) is 3.91. The second kappa shape index (κ2) is 6.72. The summed E-state index contributed by atoms with van der Waals surface area (Å²) in [5.41, 5.74) is 0.138. The molecule has 7 nitrogen and oxygen atoms in total. The Balaban J connectivity index is 2.00. The van der Waals surface area contributed by atoms with Crippen LogP contribution in [0.3, 0.4) is 0 Å². The topological polar surface area (TPSA) is 109 Å². The number of aryl methyl sites for hydroxylation is 1. The SMILES string of the molecule is COc1ccc2oc(=O)c(C(=O)Nc3cc(C(=O)[O-])ccc3C)cc2c1. The molecule has 0 saturated heterocycles. The Morgan fingerprint density at radius 1 is 1.12 bits per heavy atom. The summed E-state index contributed by atoms with van der Waals surface area (Å²) in [5, 5.41) is 14.0. The molecule has 0 bridgehead atoms. The Kier molecular flexibility index (Phi) is 4.45. The van der Waals surface area contributed by atoms with Gasteiger partial charge in [0, 0.05) is 11.1 Å². The lowest BCUT2D eigenvalue weighted by Gasteiger charge is -2.11. The van der Waals surface area contributed by atoms with Crippen LogP contribution < -0.4 is 20.8 Å². The molecule has 1 N–H and O–H groups in total. The van der Waals surface area contributed by atoms with Gasteiger partial charge in [-0.2, -0.15) is 0 Å². The van der Waals surface area contributed by atoms with E-state index in [0.29, 0.717) is 22.3 Å². The van der Waals surface area contributed by atoms with Crippen molar-refractivity contribution in [2.45, 2.75) is 6.92 Å². The minimum Gasteiger partial charge on any atom is -0.545 e. The second-order valence-electron chi connectivity index (χ2n) is 5.62. The summed E-state index contributed by atoms with van der Waals surface area (Å²) in [6, 6.07) is 10.4. The smallest absolute Gasteiger partial charge is 0.349 e. The molecule has 0 fully saturated rings. The van der Waals surface area contributed by atoms with E-state index in [2.05, 4.69) is 5.32 Å². The summed E-state index contributed by atoms with van der Waals surface area (Å²) in [6.07, 6.45) is 0. The summed E-state index contributed by atoms with van der Waals surface area (Å²) < 4.78 is 10.3. The molecule has 1 aromatic heterocycles. The summed E-state index contributed by atoms with van der Waals surface area (Å²) in [5.74, 6) is -1.52. The highest BCUT2D eigenvalue weighted by molar-refractivity contribution is 6.06. The van der Waals surface area contributed by atoms with Crippen molar-refractivity contribution >= 4 is 28.5 Å². The van der Waals surface area contributed by atoms with Gasteiger partial charge in [-0.05, 0) is 48.4 Å². The molecule has 1 amide bonds. The van der Waals surface area contributed by atoms with Crippen molar-refractivity contribution in [1.82, 2.24) is 0 Å². The fraction of sp³-hybridized carbons (Fsp3) is 0.105. The zero-order chi connectivity index (χ0) is 18.8. The first-order valence-electron chi connectivity index (χ1n) is 7.64. The molecule has 0 spiro atoms. The third-order valence-electron chi connectivity index (χ3n) is 3.91. The molecule has 3 rings (SSSR count). The van der Waals surface area contributed by atoms with E-state index < -0.39 is 17.5 Å². The van der Waals surface area contributed by atoms with Gasteiger partial charge in [0.15, 0.2) is 0 Å². The summed E-state index contributed by atoms with van der Waals surface area (Å²) in [7, 11) is 1.50. The van der Waals surface area contributed by atoms with Gasteiger partial charge in [-0.15, -0.1) is 0 Å². The van der Waals surface area contributed by atoms with Gasteiger partial charge in [-0.25, -0.2) is 4.79 Å². The van der Waals surface area contributed by atoms with Crippen LogP contribution in [0.1, 0.15) is 26.3 Å². The fourth-order valence-corrected chi connectivity index (χ4v) is 2.46. The van der Waals surface area contributed by atoms with Gasteiger partial charge >= 0.3 is 5.63 Å². The highest BCUT2D eigenvalue weighted by Crippen LogP contribution is 2.21. The summed E-state index contributed by atoms with van der Waals surface area (Å²) in [4.78, 5) is 35.6. The molecule has 0 aliphatic rings. The number of fused-ring (bicyclic) bond motifs is 1. The number of amides is 1. The van der Waals surface area contributed by atoms with Crippen molar-refractivity contribution < 1.29 is 23.8 Å². The predicted molar refractivity (Wildman–Crippen MR) is 92.5 cm³/mol. The summed E-state index contributed by atoms with van der Waals surface area (Å²) in [6.45, 7) is 1.70. The number of nitrogens with one attached hydrogen (secondary N) is 1. The Morgan fingerprint density at radius 2 is 1.88 bits per heavy atom. The van der Waals surface area contributed by atoms with Crippen molar-refractivity contribution in [3.05, 3.63) is 69.6 Å². The highest BCUT2D eigenvalue weighted by atomic mass is 16.5. The van der Waals surface area contributed by atoms with Crippen LogP contribution in [0, 0.1) is 6.92 Å². The molecule has 2 aromatic carbocycles. The van der Waals surface area contributed by atoms with Crippen molar-refractivity contribution in [3.8, 4) is 5.75 Å². The van der Waals surface area contributed by atoms with Gasteiger partial charge in [-0.1, -0.05) is 12.1 Å². The Bertz CT molecular complexity index is 1080. The van der Waals surface area contributed by atoms with Gasteiger partial charge < -0.3 is 24.4 Å². The van der Waals surface area contributed by atoms with Gasteiger partial charge in [-0.3, -0.25) is 4.79 Å². The standard InChI is InChI=1S/C19H15NO6/c1-10-3-4-11(18(22)23)9-15(10)20-17(21)14-8-12-7-13(25-2)5-6-16(12)26-19(14)24/h3-9H,1-2H3,(H,20,21)(H,22,23)/p-1. The molecular weight excluding hydrogens is 338 g/mol. The first-order chi connectivity index (χ1) is 12.4. The number of carboxylic acid groups (broad SMARTS) is 1. The molecular formula is C19H14NO6-. The summed E-state index contributed by atoms with van der Waals surface area (Å²) >= 11 is 0. The van der Waals surface area contributed by atoms with Crippen LogP contribution in [0.15, 0.2) is 51.7 Å². The third kappa shape index (κ3) is 3.27. The van der Waals surface area contributed by atoms with Gasteiger partial charge in [0.25, 0.3) is 5.91 Å². The van der Waals surface area contributed by atoms with E-state index in [-0.39, 0.29) is 16.8 Å². The number of anilines is 1. The molecule has 26 heavy (non-hydrogen) atoms. The average Bonchev–Trinajstić information content (AvgIpc) is 2.62. The van der Waals surface area contributed by atoms with E-state index in [0.717, 1.165) is 0 Å². The molecule has 0 aliphatic carbocycles. The van der Waals surface area contributed by atoms with Crippen LogP contribution in [0.4, 0.5) is 5.69 Å². The van der Waals surface area contributed by atoms with E-state index in [1.807, 2.05) is 0 Å². The first-order valence-corrected chi connectivity index (χ1v) is 7.64. The molecule has 0 unspecified atom stereocenters. The number of methoxy groups -OCH3 is 1. The first kappa shape index (κ1) is 17.2. The zero-order valence-electron chi connectivity index (χ0n) is 14.0. The van der Waals surface area contributed by atoms with Crippen LogP contribution in [0.2, 0.25) is 0 Å². The Hall–Kier alpha value is -3.61. The van der Waals surface area contributed by atoms with Gasteiger partial charge in [0.1, 0.15) is 16.9 Å². The molecule has 0 atom stereocenters. The van der Waals surface area contributed by atoms with E-state index in [1.54, 1.807) is 25.1 Å². The quantitative estimate of drug-likeness (QED) is 0.716. The maximum absolute atomic E-state index is 12.5. The molecule has 7 heteroatoms. The van der Waals surface area contributed by atoms with Crippen LogP contribution in [0.25, 0.3) is 11.0 Å². The normalized spacial score (nSPS) is 10.5. The highest BCUT2D eigenvalue weighted by Gasteiger charge is 2.15. The van der Waals surface area contributed by atoms with Crippen LogP contribution >= 0.6 is 0 Å². The molecule has 0 aliphatic heterocycles. The minimum absolute atomic E-state index is 0.0822. The van der Waals surface area contributed by atoms with E-state index in [1.165, 1.54) is 31.4 Å². The molecule has 0 saturated carbocycles. The lowest BCUT2D eigenvalue weighted by atomic mass is 10.1. The predicted octanol–water partition coefficient (Wildman–Crippen LogP) is 1.73. The van der Waals surface area contributed by atoms with Crippen LogP contribution in [-0.4, -0.2) is 19.0 Å². The second-order valence-corrected chi connectivity index (χ2v) is 5.62. The zero-order valence-corrected chi connectivity index (χ0v) is 14.0. The molecule has 132 valence electrons. The van der Waals surface area contributed by atoms with E-state index in [9.17, 15) is 19.5 Å². The van der Waals surface area contributed by atoms with Crippen LogP contribution in [-0.2, 0) is 0 Å². The maximum atomic E-state index is 12.5. The monoisotopic (exact) mass is 352 g/mol. The van der Waals surface area contributed by atoms with Gasteiger partial charge in [0.05, 0.1) is 13.1 Å². The molecule has 1 heterocycles. The number of hydrogen-bond donors (Lipinski definition) is 1. The van der Waals surface area contributed by atoms with Crippen molar-refractivity contribution in [3.63, 3.8) is 0 Å². The van der Waals surface area contributed by atoms with Crippen LogP contribution in [0.5, 0.6) is 5.75 Å². The van der Waals surface area contributed by atoms with Crippen molar-refractivity contribution in [1.29, 1.82) is 0 Å². The minimum atomic E-state index is -1.36. The number of carboxylic acids is 1. The maximum Gasteiger partial charge on any atom is 0.349 e. The molecule has 3 aromatic rings. The average molecular weight is 352 g/mol. The van der Waals surface area contributed by atoms with Crippen molar-refractivity contribution in [2.24, 2.45) is 0 Å². The largest absolute Gasteiger partial charge is 0.545 e. The van der Waals surface area contributed by atoms with E-state index >= 15 is 0 Å². The molecule has 0 radical (unpaired) electrons. The number of hydrogen-bond acceptors (Lipinski definition) is 6. The van der Waals surface area contributed by atoms with E-state index in [4.69, 9.17) is 9.15 Å². The van der Waals surface area contributed by atoms with Gasteiger partial charge in [0.2, 0.25) is 0 Å². The fourth-order valence-electron chi connectivity index (χ4n) is 2.46. The number of rotatable bonds is 4. The Morgan fingerprint density at radius 3 is 2.58 bits per heavy atom. The lowest BCUT2D eigenvalue weighted by molar-refractivity contribution is -0.255. The number of aromatic carboxylic acids is 1.